The Hall–Kier alpha value is -2.96. The molecule has 0 spiro atoms. The number of hydrogen-bond acceptors (Lipinski definition) is 5. The second-order valence-electron chi connectivity index (χ2n) is 7.02. The number of aliphatic carboxylic acids is 1. The Bertz CT molecular complexity index is 815. The fourth-order valence-electron chi connectivity index (χ4n) is 2.65. The third kappa shape index (κ3) is 11.4. The van der Waals surface area contributed by atoms with Crippen LogP contribution in [0.25, 0.3) is 0 Å². The average Bonchev–Trinajstić information content (AvgIpc) is 2.71. The molecule has 0 saturated carbocycles. The van der Waals surface area contributed by atoms with Crippen LogP contribution in [0, 0.1) is 3.57 Å². The van der Waals surface area contributed by atoms with Crippen molar-refractivity contribution in [3.8, 4) is 0 Å². The molecule has 0 unspecified atom stereocenters. The molecule has 4 amide bonds. The molecule has 0 radical (unpaired) electrons. The van der Waals surface area contributed by atoms with Crippen LogP contribution in [-0.4, -0.2) is 52.0 Å². The number of carboxylic acid groups (broad SMARTS) is 1. The van der Waals surface area contributed by atoms with Gasteiger partial charge in [0.15, 0.2) is 0 Å². The zero-order valence-corrected chi connectivity index (χ0v) is 19.7. The Kier molecular flexibility index (Phi) is 12.0. The number of aliphatic hydroxyl groups excluding tert-OH is 2. The van der Waals surface area contributed by atoms with Crippen LogP contribution in [0.1, 0.15) is 32.1 Å². The summed E-state index contributed by atoms with van der Waals surface area (Å²) in [6, 6.07) is 4.64. The fraction of sp³-hybridized carbons (Fsp3) is 0.381. The van der Waals surface area contributed by atoms with Crippen molar-refractivity contribution in [1.29, 1.82) is 0 Å². The van der Waals surface area contributed by atoms with Crippen LogP contribution in [-0.2, 0) is 4.79 Å². The van der Waals surface area contributed by atoms with Gasteiger partial charge in [0.05, 0.1) is 12.1 Å². The van der Waals surface area contributed by atoms with Crippen LogP contribution < -0.4 is 21.3 Å². The minimum atomic E-state index is -1.07. The number of urea groups is 2. The number of carboxylic acids is 1. The highest BCUT2D eigenvalue weighted by Gasteiger charge is 2.20. The van der Waals surface area contributed by atoms with Gasteiger partial charge in [-0.2, -0.15) is 0 Å². The van der Waals surface area contributed by atoms with Gasteiger partial charge in [0.2, 0.25) is 0 Å². The first-order valence-electron chi connectivity index (χ1n) is 9.93. The molecule has 0 bridgehead atoms. The molecular formula is C21H29IN4O6. The molecular weight excluding hydrogens is 531 g/mol. The predicted octanol–water partition coefficient (Wildman–Crippen LogP) is 3.63. The van der Waals surface area contributed by atoms with E-state index in [1.54, 1.807) is 12.1 Å². The minimum Gasteiger partial charge on any atom is -0.511 e. The normalized spacial score (nSPS) is 12.2. The second-order valence-corrected chi connectivity index (χ2v) is 8.27. The number of benzene rings is 1. The topological polar surface area (TPSA) is 160 Å². The van der Waals surface area contributed by atoms with Gasteiger partial charge in [-0.1, -0.05) is 13.2 Å². The first-order valence-corrected chi connectivity index (χ1v) is 11.0. The van der Waals surface area contributed by atoms with Gasteiger partial charge in [0.1, 0.15) is 11.5 Å². The number of rotatable bonds is 13. The molecule has 10 nitrogen and oxygen atoms in total. The van der Waals surface area contributed by atoms with Crippen molar-refractivity contribution < 1.29 is 29.7 Å². The number of halogens is 1. The summed E-state index contributed by atoms with van der Waals surface area (Å²) >= 11 is 2.17. The number of amides is 4. The Labute approximate surface area is 200 Å². The third-order valence-corrected chi connectivity index (χ3v) is 5.09. The first-order chi connectivity index (χ1) is 15.1. The van der Waals surface area contributed by atoms with Gasteiger partial charge in [-0.05, 0) is 72.5 Å². The number of anilines is 1. The van der Waals surface area contributed by atoms with Crippen molar-refractivity contribution in [3.63, 3.8) is 0 Å². The number of carbonyl (C=O) groups excluding carboxylic acids is 2. The summed E-state index contributed by atoms with van der Waals surface area (Å²) in [5, 5.41) is 38.4. The highest BCUT2D eigenvalue weighted by Crippen LogP contribution is 2.11. The largest absolute Gasteiger partial charge is 0.511 e. The SMILES string of the molecule is C=C(O)[C@H](CCCCNC(=O)Nc1ccc(I)cc1)NC(=O)N[C@@H](CCC(=O)O)C(=C)O. The molecule has 176 valence electrons. The molecule has 0 aliphatic carbocycles. The number of nitrogens with one attached hydrogen (secondary N) is 4. The Morgan fingerprint density at radius 3 is 1.97 bits per heavy atom. The van der Waals surface area contributed by atoms with E-state index in [0.29, 0.717) is 31.5 Å². The van der Waals surface area contributed by atoms with Gasteiger partial charge in [-0.3, -0.25) is 4.79 Å². The van der Waals surface area contributed by atoms with Gasteiger partial charge in [0, 0.05) is 22.2 Å². The van der Waals surface area contributed by atoms with Crippen LogP contribution >= 0.6 is 22.6 Å². The van der Waals surface area contributed by atoms with Gasteiger partial charge in [-0.25, -0.2) is 9.59 Å². The zero-order chi connectivity index (χ0) is 24.1. The molecule has 1 aromatic carbocycles. The predicted molar refractivity (Wildman–Crippen MR) is 130 cm³/mol. The summed E-state index contributed by atoms with van der Waals surface area (Å²) in [7, 11) is 0. The second kappa shape index (κ2) is 14.2. The monoisotopic (exact) mass is 560 g/mol. The molecule has 0 aliphatic rings. The van der Waals surface area contributed by atoms with Crippen molar-refractivity contribution in [2.45, 2.75) is 44.2 Å². The van der Waals surface area contributed by atoms with Gasteiger partial charge in [0.25, 0.3) is 0 Å². The van der Waals surface area contributed by atoms with E-state index in [0.717, 1.165) is 3.57 Å². The lowest BCUT2D eigenvalue weighted by molar-refractivity contribution is -0.137. The van der Waals surface area contributed by atoms with E-state index in [9.17, 15) is 24.6 Å². The number of aliphatic hydroxyl groups is 2. The molecule has 0 heterocycles. The van der Waals surface area contributed by atoms with Crippen molar-refractivity contribution in [1.82, 2.24) is 16.0 Å². The van der Waals surface area contributed by atoms with E-state index in [2.05, 4.69) is 57.0 Å². The standard InChI is InChI=1S/C21H29IN4O6/c1-13(27)17(25-21(32)26-18(14(2)28)10-11-19(29)30)5-3-4-12-23-20(31)24-16-8-6-15(22)7-9-16/h6-9,17-18,27-28H,1-5,10-12H2,(H,29,30)(H2,23,24,31)(H2,25,26,32)/t17-,18-/m0/s1. The first kappa shape index (κ1) is 27.1. The average molecular weight is 560 g/mol. The van der Waals surface area contributed by atoms with E-state index in [1.165, 1.54) is 0 Å². The lowest BCUT2D eigenvalue weighted by Crippen LogP contribution is -2.47. The lowest BCUT2D eigenvalue weighted by atomic mass is 10.1. The quantitative estimate of drug-likeness (QED) is 0.111. The summed E-state index contributed by atoms with van der Waals surface area (Å²) in [6.07, 6.45) is 1.25. The summed E-state index contributed by atoms with van der Waals surface area (Å²) in [5.74, 6) is -1.68. The van der Waals surface area contributed by atoms with Crippen LogP contribution in [0.15, 0.2) is 48.9 Å². The maximum atomic E-state index is 12.2. The number of unbranched alkanes of at least 4 members (excludes halogenated alkanes) is 1. The molecule has 2 atom stereocenters. The van der Waals surface area contributed by atoms with E-state index < -0.39 is 24.1 Å². The minimum absolute atomic E-state index is 0.0290. The molecule has 0 fully saturated rings. The summed E-state index contributed by atoms with van der Waals surface area (Å²) < 4.78 is 1.06. The molecule has 0 aromatic heterocycles. The van der Waals surface area contributed by atoms with Crippen molar-refractivity contribution in [2.75, 3.05) is 11.9 Å². The molecule has 1 aromatic rings. The maximum absolute atomic E-state index is 12.2. The molecule has 0 saturated heterocycles. The summed E-state index contributed by atoms with van der Waals surface area (Å²) in [6.45, 7) is 7.18. The molecule has 0 aliphatic heterocycles. The fourth-order valence-corrected chi connectivity index (χ4v) is 3.01. The smallest absolute Gasteiger partial charge is 0.319 e. The Morgan fingerprint density at radius 1 is 0.875 bits per heavy atom. The summed E-state index contributed by atoms with van der Waals surface area (Å²) in [5.41, 5.74) is 0.682. The van der Waals surface area contributed by atoms with Crippen molar-refractivity contribution >= 4 is 46.3 Å². The number of carbonyl (C=O) groups is 3. The van der Waals surface area contributed by atoms with E-state index in [1.807, 2.05) is 12.1 Å². The Morgan fingerprint density at radius 2 is 1.44 bits per heavy atom. The zero-order valence-electron chi connectivity index (χ0n) is 17.6. The van der Waals surface area contributed by atoms with Gasteiger partial charge < -0.3 is 36.6 Å². The van der Waals surface area contributed by atoms with Gasteiger partial charge in [-0.15, -0.1) is 0 Å². The highest BCUT2D eigenvalue weighted by atomic mass is 127. The number of hydrogen-bond donors (Lipinski definition) is 7. The van der Waals surface area contributed by atoms with E-state index >= 15 is 0 Å². The van der Waals surface area contributed by atoms with Crippen LogP contribution in [0.2, 0.25) is 0 Å². The van der Waals surface area contributed by atoms with E-state index in [-0.39, 0.29) is 30.4 Å². The molecule has 32 heavy (non-hydrogen) atoms. The summed E-state index contributed by atoms with van der Waals surface area (Å²) in [4.78, 5) is 34.7. The highest BCUT2D eigenvalue weighted by molar-refractivity contribution is 14.1. The van der Waals surface area contributed by atoms with Crippen LogP contribution in [0.4, 0.5) is 15.3 Å². The molecule has 7 N–H and O–H groups in total. The Balaban J connectivity index is 2.36. The van der Waals surface area contributed by atoms with Crippen molar-refractivity contribution in [3.05, 3.63) is 52.5 Å². The van der Waals surface area contributed by atoms with Gasteiger partial charge >= 0.3 is 18.0 Å². The molecule has 11 heteroatoms. The molecule has 1 rings (SSSR count). The van der Waals surface area contributed by atoms with Crippen LogP contribution in [0.3, 0.4) is 0 Å². The lowest BCUT2D eigenvalue weighted by Gasteiger charge is -2.21. The van der Waals surface area contributed by atoms with Crippen molar-refractivity contribution in [2.24, 2.45) is 0 Å². The maximum Gasteiger partial charge on any atom is 0.319 e. The third-order valence-electron chi connectivity index (χ3n) is 4.37. The van der Waals surface area contributed by atoms with Crippen LogP contribution in [0.5, 0.6) is 0 Å². The van der Waals surface area contributed by atoms with E-state index in [4.69, 9.17) is 5.11 Å².